The maximum Gasteiger partial charge on any atom is 0.251 e. The number of nitrogens with zero attached hydrogens (tertiary/aromatic N) is 2. The lowest BCUT2D eigenvalue weighted by Crippen LogP contribution is -2.53. The van der Waals surface area contributed by atoms with Crippen LogP contribution in [0.4, 0.5) is 0 Å². The van der Waals surface area contributed by atoms with Crippen molar-refractivity contribution in [1.29, 1.82) is 0 Å². The van der Waals surface area contributed by atoms with Crippen LogP contribution >= 0.6 is 23.2 Å². The van der Waals surface area contributed by atoms with Gasteiger partial charge in [0.1, 0.15) is 9.74 Å². The van der Waals surface area contributed by atoms with Crippen molar-refractivity contribution in [2.24, 2.45) is 0 Å². The molecule has 0 aromatic carbocycles. The van der Waals surface area contributed by atoms with Crippen molar-refractivity contribution in [2.45, 2.75) is 76.2 Å². The Labute approximate surface area is 120 Å². The minimum Gasteiger partial charge on any atom is -0.704 e. The zero-order valence-corrected chi connectivity index (χ0v) is 13.5. The number of hydrogen-bond donors (Lipinski definition) is 0. The lowest BCUT2D eigenvalue weighted by atomic mass is 9.99. The van der Waals surface area contributed by atoms with Gasteiger partial charge in [-0.25, -0.2) is 0 Å². The quantitative estimate of drug-likeness (QED) is 0.404. The molecule has 2 unspecified atom stereocenters. The summed E-state index contributed by atoms with van der Waals surface area (Å²) in [5, 5.41) is 12.6. The number of hydrazine groups is 1. The molecular weight excluding hydrogens is 275 g/mol. The molecule has 0 aliphatic rings. The second-order valence-electron chi connectivity index (χ2n) is 5.58. The van der Waals surface area contributed by atoms with Gasteiger partial charge in [0.05, 0.1) is 15.8 Å². The van der Waals surface area contributed by atoms with Crippen molar-refractivity contribution in [3.05, 3.63) is 10.1 Å². The molecule has 4 nitrogen and oxygen atoms in total. The predicted molar refractivity (Wildman–Crippen MR) is 76.9 cm³/mol. The molecule has 2 atom stereocenters. The fourth-order valence-corrected chi connectivity index (χ4v) is 2.56. The lowest BCUT2D eigenvalue weighted by molar-refractivity contribution is -0.733. The fraction of sp³-hybridized carbons (Fsp3) is 1.00. The molecule has 0 saturated heterocycles. The number of nitroso groups, excluding NO2 is 1. The zero-order valence-electron chi connectivity index (χ0n) is 12.0. The van der Waals surface area contributed by atoms with Crippen molar-refractivity contribution >= 4 is 23.2 Å². The van der Waals surface area contributed by atoms with Crippen molar-refractivity contribution in [1.82, 2.24) is 5.17 Å². The third kappa shape index (κ3) is 4.56. The molecule has 0 bridgehead atoms. The van der Waals surface area contributed by atoms with Crippen LogP contribution in [0.25, 0.3) is 0 Å². The first-order chi connectivity index (χ1) is 7.96. The Balaban J connectivity index is 5.08. The standard InChI is InChI=1S/C12H24Cl2N2O2/c1-7-9(11(3,4)13)15(17)16(18)10(8-2)12(5,6)14/h9-10H,7-8H2,1-6H3. The van der Waals surface area contributed by atoms with E-state index in [1.165, 1.54) is 0 Å². The van der Waals surface area contributed by atoms with Crippen LogP contribution in [0.2, 0.25) is 0 Å². The Morgan fingerprint density at radius 1 is 1.11 bits per heavy atom. The van der Waals surface area contributed by atoms with E-state index >= 15 is 0 Å². The summed E-state index contributed by atoms with van der Waals surface area (Å²) in [6, 6.07) is -1.16. The van der Waals surface area contributed by atoms with E-state index in [0.29, 0.717) is 22.9 Å². The molecule has 0 saturated carbocycles. The van der Waals surface area contributed by atoms with Crippen LogP contribution in [0.1, 0.15) is 54.4 Å². The predicted octanol–water partition coefficient (Wildman–Crippen LogP) is 4.07. The van der Waals surface area contributed by atoms with Gasteiger partial charge in [-0.1, -0.05) is 13.8 Å². The minimum absolute atomic E-state index is 0.436. The number of rotatable bonds is 7. The number of hydroxylamine groups is 1. The average molecular weight is 299 g/mol. The highest BCUT2D eigenvalue weighted by atomic mass is 35.5. The van der Waals surface area contributed by atoms with Gasteiger partial charge in [0.25, 0.3) is 6.04 Å². The Hall–Kier alpha value is -0.0600. The molecule has 0 heterocycles. The molecule has 0 amide bonds. The third-order valence-electron chi connectivity index (χ3n) is 3.09. The van der Waals surface area contributed by atoms with E-state index in [1.807, 2.05) is 13.8 Å². The molecule has 18 heavy (non-hydrogen) atoms. The topological polar surface area (TPSA) is 46.4 Å². The van der Waals surface area contributed by atoms with Crippen LogP contribution in [-0.2, 0) is 0 Å². The van der Waals surface area contributed by atoms with E-state index in [9.17, 15) is 10.1 Å². The highest BCUT2D eigenvalue weighted by Gasteiger charge is 2.43. The van der Waals surface area contributed by atoms with E-state index in [2.05, 4.69) is 0 Å². The van der Waals surface area contributed by atoms with E-state index < -0.39 is 21.8 Å². The van der Waals surface area contributed by atoms with Crippen LogP contribution in [-0.4, -0.2) is 31.9 Å². The highest BCUT2D eigenvalue weighted by Crippen LogP contribution is 2.29. The van der Waals surface area contributed by atoms with Gasteiger partial charge in [-0.2, -0.15) is 5.17 Å². The Kier molecular flexibility index (Phi) is 6.38. The fourth-order valence-electron chi connectivity index (χ4n) is 2.08. The van der Waals surface area contributed by atoms with Gasteiger partial charge in [0.15, 0.2) is 0 Å². The summed E-state index contributed by atoms with van der Waals surface area (Å²) in [6.07, 6.45) is 0.996. The smallest absolute Gasteiger partial charge is 0.251 e. The van der Waals surface area contributed by atoms with Gasteiger partial charge >= 0.3 is 0 Å². The molecule has 108 valence electrons. The van der Waals surface area contributed by atoms with Crippen LogP contribution in [0.15, 0.2) is 0 Å². The molecule has 0 aliphatic carbocycles. The van der Waals surface area contributed by atoms with E-state index in [-0.39, 0.29) is 0 Å². The van der Waals surface area contributed by atoms with Gasteiger partial charge in [-0.15, -0.1) is 23.2 Å². The molecule has 0 spiro atoms. The molecule has 6 heteroatoms. The van der Waals surface area contributed by atoms with Crippen molar-refractivity contribution in [2.75, 3.05) is 0 Å². The summed E-state index contributed by atoms with van der Waals surface area (Å²) in [6.45, 7) is 10.6. The van der Waals surface area contributed by atoms with Gasteiger partial charge in [0.2, 0.25) is 0 Å². The first kappa shape index (κ1) is 17.9. The first-order valence-corrected chi connectivity index (χ1v) is 7.02. The van der Waals surface area contributed by atoms with Gasteiger partial charge in [-0.05, 0) is 34.1 Å². The summed E-state index contributed by atoms with van der Waals surface area (Å²) >= 11 is 12.3. The Morgan fingerprint density at radius 3 is 1.78 bits per heavy atom. The van der Waals surface area contributed by atoms with E-state index in [4.69, 9.17) is 23.2 Å². The monoisotopic (exact) mass is 298 g/mol. The van der Waals surface area contributed by atoms with Crippen molar-refractivity contribution < 1.29 is 4.87 Å². The highest BCUT2D eigenvalue weighted by molar-refractivity contribution is 6.24. The largest absolute Gasteiger partial charge is 0.704 e. The second kappa shape index (κ2) is 6.40. The Bertz CT molecular complexity index is 285. The molecule has 0 aromatic heterocycles. The number of halogens is 2. The van der Waals surface area contributed by atoms with E-state index in [0.717, 1.165) is 0 Å². The summed E-state index contributed by atoms with van der Waals surface area (Å²) in [5.74, 6) is 0. The van der Waals surface area contributed by atoms with Crippen LogP contribution in [0, 0.1) is 10.1 Å². The second-order valence-corrected chi connectivity index (χ2v) is 7.53. The molecule has 0 fully saturated rings. The molecule has 0 rings (SSSR count). The third-order valence-corrected chi connectivity index (χ3v) is 3.59. The van der Waals surface area contributed by atoms with Gasteiger partial charge in [0, 0.05) is 6.42 Å². The minimum atomic E-state index is -0.770. The first-order valence-electron chi connectivity index (χ1n) is 6.27. The van der Waals surface area contributed by atoms with Crippen LogP contribution in [0.5, 0.6) is 0 Å². The average Bonchev–Trinajstić information content (AvgIpc) is 2.14. The summed E-state index contributed by atoms with van der Waals surface area (Å²) in [5.41, 5.74) is 0. The van der Waals surface area contributed by atoms with Crippen LogP contribution < -0.4 is 0 Å². The SMILES string of the molecule is CCC(N([O-])[N+](=O)C(CC)C(C)(C)Cl)C(C)(C)Cl. The Morgan fingerprint density at radius 2 is 1.56 bits per heavy atom. The van der Waals surface area contributed by atoms with Crippen molar-refractivity contribution in [3.63, 3.8) is 0 Å². The molecular formula is C12H24Cl2N2O2. The summed E-state index contributed by atoms with van der Waals surface area (Å²) < 4.78 is 0. The molecule has 0 aromatic rings. The van der Waals surface area contributed by atoms with Gasteiger partial charge < -0.3 is 5.21 Å². The number of hydrogen-bond acceptors (Lipinski definition) is 2. The van der Waals surface area contributed by atoms with E-state index in [1.54, 1.807) is 27.7 Å². The lowest BCUT2D eigenvalue weighted by Gasteiger charge is -2.38. The zero-order chi connectivity index (χ0) is 14.7. The molecule has 0 radical (unpaired) electrons. The van der Waals surface area contributed by atoms with Crippen LogP contribution in [0.3, 0.4) is 0 Å². The summed E-state index contributed by atoms with van der Waals surface area (Å²) in [7, 11) is 0. The molecule has 0 N–H and O–H groups in total. The molecule has 0 aliphatic heterocycles. The van der Waals surface area contributed by atoms with Gasteiger partial charge in [-0.3, -0.25) is 0 Å². The number of alkyl halides is 2. The summed E-state index contributed by atoms with van der Waals surface area (Å²) in [4.78, 5) is 11.1. The maximum atomic E-state index is 12.2. The van der Waals surface area contributed by atoms with Crippen molar-refractivity contribution in [3.8, 4) is 0 Å². The maximum absolute atomic E-state index is 12.2. The normalized spacial score (nSPS) is 16.3.